The molecule has 0 radical (unpaired) electrons. The lowest BCUT2D eigenvalue weighted by Crippen LogP contribution is -2.43. The maximum absolute atomic E-state index is 12.8. The molecule has 1 saturated carbocycles. The van der Waals surface area contributed by atoms with Crippen molar-refractivity contribution in [2.45, 2.75) is 50.7 Å². The number of benzene rings is 1. The number of rotatable bonds is 1. The smallest absolute Gasteiger partial charge is 0.261 e. The van der Waals surface area contributed by atoms with E-state index in [-0.39, 0.29) is 23.6 Å². The van der Waals surface area contributed by atoms with Crippen LogP contribution in [0.5, 0.6) is 0 Å². The van der Waals surface area contributed by atoms with E-state index in [0.717, 1.165) is 37.0 Å². The van der Waals surface area contributed by atoms with Crippen LogP contribution in [-0.4, -0.2) is 32.4 Å². The fourth-order valence-corrected chi connectivity index (χ4v) is 4.22. The normalized spacial score (nSPS) is 26.2. The number of amides is 1. The highest BCUT2D eigenvalue weighted by molar-refractivity contribution is 5.82. The molecule has 2 aromatic rings. The highest BCUT2D eigenvalue weighted by atomic mass is 16.2. The lowest BCUT2D eigenvalue weighted by atomic mass is 10.1. The van der Waals surface area contributed by atoms with Gasteiger partial charge in [-0.3, -0.25) is 14.2 Å². The van der Waals surface area contributed by atoms with E-state index in [0.29, 0.717) is 24.3 Å². The van der Waals surface area contributed by atoms with Crippen LogP contribution >= 0.6 is 0 Å². The van der Waals surface area contributed by atoms with Gasteiger partial charge in [0.15, 0.2) is 0 Å². The molecule has 2 aliphatic heterocycles. The van der Waals surface area contributed by atoms with Crippen molar-refractivity contribution in [3.05, 3.63) is 40.4 Å². The number of carbonyl (C=O) groups excluding carboxylic acids is 1. The topological polar surface area (TPSA) is 55.2 Å². The second kappa shape index (κ2) is 4.66. The van der Waals surface area contributed by atoms with Crippen LogP contribution in [0.3, 0.4) is 0 Å². The zero-order valence-corrected chi connectivity index (χ0v) is 12.9. The summed E-state index contributed by atoms with van der Waals surface area (Å²) in [7, 11) is 0. The largest absolute Gasteiger partial charge is 0.334 e. The Bertz CT molecular complexity index is 868. The maximum Gasteiger partial charge on any atom is 0.261 e. The summed E-state index contributed by atoms with van der Waals surface area (Å²) in [5, 5.41) is 0.675. The first kappa shape index (κ1) is 13.3. The molecule has 1 saturated heterocycles. The Morgan fingerprint density at radius 2 is 1.87 bits per heavy atom. The first-order chi connectivity index (χ1) is 11.2. The van der Waals surface area contributed by atoms with Crippen LogP contribution < -0.4 is 5.56 Å². The van der Waals surface area contributed by atoms with E-state index in [1.807, 2.05) is 28.8 Å². The van der Waals surface area contributed by atoms with Gasteiger partial charge in [-0.15, -0.1) is 0 Å². The van der Waals surface area contributed by atoms with E-state index < -0.39 is 0 Å². The molecule has 2 fully saturated rings. The second-order valence-corrected chi connectivity index (χ2v) is 7.07. The van der Waals surface area contributed by atoms with Gasteiger partial charge >= 0.3 is 0 Å². The van der Waals surface area contributed by atoms with Crippen molar-refractivity contribution >= 4 is 16.8 Å². The van der Waals surface area contributed by atoms with Gasteiger partial charge in [0.1, 0.15) is 5.82 Å². The molecule has 5 nitrogen and oxygen atoms in total. The lowest BCUT2D eigenvalue weighted by molar-refractivity contribution is -0.135. The van der Waals surface area contributed by atoms with Gasteiger partial charge in [0.05, 0.1) is 16.9 Å². The number of fused-ring (bicyclic) bond motifs is 4. The molecule has 23 heavy (non-hydrogen) atoms. The maximum atomic E-state index is 12.8. The monoisotopic (exact) mass is 309 g/mol. The Labute approximate surface area is 133 Å². The summed E-state index contributed by atoms with van der Waals surface area (Å²) in [5.41, 5.74) is 0.804. The predicted octanol–water partition coefficient (Wildman–Crippen LogP) is 1.72. The fourth-order valence-electron chi connectivity index (χ4n) is 4.22. The number of carbonyl (C=O) groups is 1. The molecule has 0 N–H and O–H groups in total. The van der Waals surface area contributed by atoms with Crippen molar-refractivity contribution in [1.29, 1.82) is 0 Å². The van der Waals surface area contributed by atoms with Crippen LogP contribution in [0.1, 0.15) is 31.5 Å². The molecule has 3 heterocycles. The van der Waals surface area contributed by atoms with Crippen LogP contribution in [0.25, 0.3) is 10.9 Å². The zero-order valence-electron chi connectivity index (χ0n) is 12.9. The summed E-state index contributed by atoms with van der Waals surface area (Å²) in [6, 6.07) is 7.91. The molecule has 2 unspecified atom stereocenters. The van der Waals surface area contributed by atoms with E-state index in [2.05, 4.69) is 4.90 Å². The van der Waals surface area contributed by atoms with E-state index in [4.69, 9.17) is 4.98 Å². The van der Waals surface area contributed by atoms with Gasteiger partial charge in [0.25, 0.3) is 5.56 Å². The molecule has 2 bridgehead atoms. The molecule has 1 aromatic heterocycles. The van der Waals surface area contributed by atoms with Crippen LogP contribution in [0.2, 0.25) is 0 Å². The summed E-state index contributed by atoms with van der Waals surface area (Å²) >= 11 is 0. The number of aromatic nitrogens is 2. The third-order valence-corrected chi connectivity index (χ3v) is 5.55. The van der Waals surface area contributed by atoms with E-state index in [1.54, 1.807) is 0 Å². The summed E-state index contributed by atoms with van der Waals surface area (Å²) in [6.45, 7) is 0.598. The highest BCUT2D eigenvalue weighted by Crippen LogP contribution is 2.38. The van der Waals surface area contributed by atoms with E-state index >= 15 is 0 Å². The summed E-state index contributed by atoms with van der Waals surface area (Å²) < 4.78 is 1.82. The molecular weight excluding hydrogens is 290 g/mol. The minimum absolute atomic E-state index is 0.0389. The van der Waals surface area contributed by atoms with Crippen molar-refractivity contribution < 1.29 is 4.79 Å². The van der Waals surface area contributed by atoms with Crippen molar-refractivity contribution in [2.24, 2.45) is 5.92 Å². The Hall–Kier alpha value is -2.17. The number of hydrogen-bond donors (Lipinski definition) is 0. The van der Waals surface area contributed by atoms with E-state index in [1.165, 1.54) is 0 Å². The van der Waals surface area contributed by atoms with Gasteiger partial charge in [-0.1, -0.05) is 12.1 Å². The summed E-state index contributed by atoms with van der Waals surface area (Å²) in [5.74, 6) is 1.39. The van der Waals surface area contributed by atoms with Gasteiger partial charge in [-0.2, -0.15) is 0 Å². The molecule has 5 heteroatoms. The molecule has 2 atom stereocenters. The Morgan fingerprint density at radius 1 is 1.09 bits per heavy atom. The third-order valence-electron chi connectivity index (χ3n) is 5.55. The molecule has 0 spiro atoms. The second-order valence-electron chi connectivity index (χ2n) is 7.07. The van der Waals surface area contributed by atoms with Crippen molar-refractivity contribution in [3.63, 3.8) is 0 Å². The number of para-hydroxylation sites is 1. The van der Waals surface area contributed by atoms with Gasteiger partial charge in [0.2, 0.25) is 5.91 Å². The lowest BCUT2D eigenvalue weighted by Gasteiger charge is -2.27. The molecule has 118 valence electrons. The predicted molar refractivity (Wildman–Crippen MR) is 86.1 cm³/mol. The third kappa shape index (κ3) is 1.95. The van der Waals surface area contributed by atoms with Crippen molar-refractivity contribution in [2.75, 3.05) is 0 Å². The van der Waals surface area contributed by atoms with Crippen LogP contribution in [-0.2, 0) is 17.8 Å². The minimum atomic E-state index is 0.0389. The highest BCUT2D eigenvalue weighted by Gasteiger charge is 2.45. The van der Waals surface area contributed by atoms with Crippen molar-refractivity contribution in [1.82, 2.24) is 14.5 Å². The molecule has 1 aromatic carbocycles. The van der Waals surface area contributed by atoms with Gasteiger partial charge in [0, 0.05) is 24.9 Å². The standard InChI is InChI=1S/C18H19N3O2/c22-17(11-5-6-11)21-12-7-8-13(21)10-20-16(9-12)19-15-4-2-1-3-14(15)18(20)23/h1-4,11-13H,5-10H2. The van der Waals surface area contributed by atoms with Crippen LogP contribution in [0, 0.1) is 5.92 Å². The van der Waals surface area contributed by atoms with Crippen LogP contribution in [0.15, 0.2) is 29.1 Å². The van der Waals surface area contributed by atoms with Crippen LogP contribution in [0.4, 0.5) is 0 Å². The Balaban J connectivity index is 1.62. The molecule has 1 aliphatic carbocycles. The molecular formula is C18H19N3O2. The minimum Gasteiger partial charge on any atom is -0.334 e. The number of nitrogens with zero attached hydrogens (tertiary/aromatic N) is 3. The average molecular weight is 309 g/mol. The molecule has 5 rings (SSSR count). The quantitative estimate of drug-likeness (QED) is 0.806. The fraction of sp³-hybridized carbons (Fsp3) is 0.500. The number of hydrogen-bond acceptors (Lipinski definition) is 3. The summed E-state index contributed by atoms with van der Waals surface area (Å²) in [6.07, 6.45) is 4.80. The first-order valence-corrected chi connectivity index (χ1v) is 8.53. The molecule has 3 aliphatic rings. The van der Waals surface area contributed by atoms with Gasteiger partial charge in [-0.05, 0) is 37.8 Å². The molecule has 1 amide bonds. The zero-order chi connectivity index (χ0) is 15.6. The van der Waals surface area contributed by atoms with Gasteiger partial charge < -0.3 is 4.90 Å². The van der Waals surface area contributed by atoms with Gasteiger partial charge in [-0.25, -0.2) is 4.98 Å². The average Bonchev–Trinajstić information content (AvgIpc) is 3.33. The Kier molecular flexibility index (Phi) is 2.69. The summed E-state index contributed by atoms with van der Waals surface area (Å²) in [4.78, 5) is 32.3. The van der Waals surface area contributed by atoms with Crippen molar-refractivity contribution in [3.8, 4) is 0 Å². The SMILES string of the molecule is O=C(C1CC1)N1C2CCC1Cn1c(nc3ccccc3c1=O)C2. The van der Waals surface area contributed by atoms with E-state index in [9.17, 15) is 9.59 Å². The first-order valence-electron chi connectivity index (χ1n) is 8.53. The Morgan fingerprint density at radius 3 is 2.70 bits per heavy atom.